The third kappa shape index (κ3) is 4.35. The number of anilines is 1. The van der Waals surface area contributed by atoms with E-state index in [0.717, 1.165) is 23.4 Å². The molecule has 3 heteroatoms. The SMILES string of the molecule is CC[C@@H](C)c1ccccc1OCC(=O)Nc1ccccc1. The zero-order valence-electron chi connectivity index (χ0n) is 12.5. The molecule has 0 spiro atoms. The third-order valence-electron chi connectivity index (χ3n) is 3.48. The summed E-state index contributed by atoms with van der Waals surface area (Å²) in [6.07, 6.45) is 1.04. The van der Waals surface area contributed by atoms with Crippen molar-refractivity contribution in [3.05, 3.63) is 60.2 Å². The van der Waals surface area contributed by atoms with Gasteiger partial charge in [0.25, 0.3) is 5.91 Å². The summed E-state index contributed by atoms with van der Waals surface area (Å²) in [5, 5.41) is 2.81. The molecule has 1 N–H and O–H groups in total. The van der Waals surface area contributed by atoms with Crippen molar-refractivity contribution >= 4 is 11.6 Å². The predicted octanol–water partition coefficient (Wildman–Crippen LogP) is 4.22. The van der Waals surface area contributed by atoms with Crippen LogP contribution >= 0.6 is 0 Å². The van der Waals surface area contributed by atoms with E-state index in [0.29, 0.717) is 5.92 Å². The highest BCUT2D eigenvalue weighted by Gasteiger charge is 2.11. The van der Waals surface area contributed by atoms with Gasteiger partial charge in [-0.2, -0.15) is 0 Å². The monoisotopic (exact) mass is 283 g/mol. The molecule has 3 nitrogen and oxygen atoms in total. The molecule has 0 bridgehead atoms. The van der Waals surface area contributed by atoms with Gasteiger partial charge in [-0.1, -0.05) is 50.2 Å². The Kier molecular flexibility index (Phi) is 5.38. The van der Waals surface area contributed by atoms with Crippen molar-refractivity contribution in [2.45, 2.75) is 26.2 Å². The minimum Gasteiger partial charge on any atom is -0.483 e. The van der Waals surface area contributed by atoms with E-state index in [9.17, 15) is 4.79 Å². The highest BCUT2D eigenvalue weighted by molar-refractivity contribution is 5.91. The van der Waals surface area contributed by atoms with Gasteiger partial charge in [0.05, 0.1) is 0 Å². The molecule has 21 heavy (non-hydrogen) atoms. The molecule has 1 atom stereocenters. The molecule has 0 aliphatic heterocycles. The second kappa shape index (κ2) is 7.48. The van der Waals surface area contributed by atoms with Crippen LogP contribution in [-0.2, 0) is 4.79 Å². The van der Waals surface area contributed by atoms with E-state index in [1.807, 2.05) is 48.5 Å². The molecule has 2 aromatic carbocycles. The van der Waals surface area contributed by atoms with Crippen LogP contribution in [0.4, 0.5) is 5.69 Å². The summed E-state index contributed by atoms with van der Waals surface area (Å²) in [6.45, 7) is 4.32. The minimum atomic E-state index is -0.153. The average molecular weight is 283 g/mol. The van der Waals surface area contributed by atoms with Crippen molar-refractivity contribution in [3.63, 3.8) is 0 Å². The number of ether oxygens (including phenoxy) is 1. The number of benzene rings is 2. The molecule has 0 heterocycles. The Labute approximate surface area is 126 Å². The molecule has 0 aromatic heterocycles. The predicted molar refractivity (Wildman–Crippen MR) is 85.7 cm³/mol. The van der Waals surface area contributed by atoms with Crippen molar-refractivity contribution in [3.8, 4) is 5.75 Å². The summed E-state index contributed by atoms with van der Waals surface area (Å²) in [6, 6.07) is 17.3. The number of hydrogen-bond acceptors (Lipinski definition) is 2. The summed E-state index contributed by atoms with van der Waals surface area (Å²) in [4.78, 5) is 11.9. The zero-order chi connectivity index (χ0) is 15.1. The number of amides is 1. The van der Waals surface area contributed by atoms with Crippen LogP contribution in [0.25, 0.3) is 0 Å². The molecule has 1 amide bonds. The van der Waals surface area contributed by atoms with Gasteiger partial charge in [0.1, 0.15) is 5.75 Å². The van der Waals surface area contributed by atoms with Crippen molar-refractivity contribution in [2.75, 3.05) is 11.9 Å². The van der Waals surface area contributed by atoms with Crippen molar-refractivity contribution in [1.82, 2.24) is 0 Å². The van der Waals surface area contributed by atoms with Crippen molar-refractivity contribution in [1.29, 1.82) is 0 Å². The second-order valence-corrected chi connectivity index (χ2v) is 5.05. The highest BCUT2D eigenvalue weighted by Crippen LogP contribution is 2.28. The van der Waals surface area contributed by atoms with Gasteiger partial charge in [-0.05, 0) is 36.1 Å². The zero-order valence-corrected chi connectivity index (χ0v) is 12.5. The van der Waals surface area contributed by atoms with Crippen LogP contribution in [0.5, 0.6) is 5.75 Å². The largest absolute Gasteiger partial charge is 0.483 e. The van der Waals surface area contributed by atoms with Crippen LogP contribution < -0.4 is 10.1 Å². The maximum absolute atomic E-state index is 11.9. The molecule has 0 aliphatic carbocycles. The maximum atomic E-state index is 11.9. The minimum absolute atomic E-state index is 0.0162. The number of nitrogens with one attached hydrogen (secondary N) is 1. The highest BCUT2D eigenvalue weighted by atomic mass is 16.5. The summed E-state index contributed by atoms with van der Waals surface area (Å²) < 4.78 is 5.68. The number of hydrogen-bond donors (Lipinski definition) is 1. The normalized spacial score (nSPS) is 11.7. The first-order chi connectivity index (χ1) is 10.2. The second-order valence-electron chi connectivity index (χ2n) is 5.05. The molecule has 0 unspecified atom stereocenters. The average Bonchev–Trinajstić information content (AvgIpc) is 2.53. The van der Waals surface area contributed by atoms with Crippen LogP contribution in [0.3, 0.4) is 0 Å². The summed E-state index contributed by atoms with van der Waals surface area (Å²) in [5.74, 6) is 1.05. The fourth-order valence-corrected chi connectivity index (χ4v) is 2.10. The first kappa shape index (κ1) is 15.1. The first-order valence-electron chi connectivity index (χ1n) is 7.27. The van der Waals surface area contributed by atoms with E-state index in [4.69, 9.17) is 4.74 Å². The van der Waals surface area contributed by atoms with Crippen LogP contribution in [-0.4, -0.2) is 12.5 Å². The Morgan fingerprint density at radius 3 is 2.48 bits per heavy atom. The maximum Gasteiger partial charge on any atom is 0.262 e. The summed E-state index contributed by atoms with van der Waals surface area (Å²) >= 11 is 0. The quantitative estimate of drug-likeness (QED) is 0.862. The first-order valence-corrected chi connectivity index (χ1v) is 7.27. The molecular formula is C18H21NO2. The Balaban J connectivity index is 1.95. The van der Waals surface area contributed by atoms with Crippen LogP contribution in [0, 0.1) is 0 Å². The van der Waals surface area contributed by atoms with E-state index < -0.39 is 0 Å². The fraction of sp³-hybridized carbons (Fsp3) is 0.278. The standard InChI is InChI=1S/C18H21NO2/c1-3-14(2)16-11-7-8-12-17(16)21-13-18(20)19-15-9-5-4-6-10-15/h4-12,14H,3,13H2,1-2H3,(H,19,20)/t14-/m1/s1. The Hall–Kier alpha value is -2.29. The number of carbonyl (C=O) groups is 1. The summed E-state index contributed by atoms with van der Waals surface area (Å²) in [5.41, 5.74) is 1.92. The van der Waals surface area contributed by atoms with E-state index >= 15 is 0 Å². The van der Waals surface area contributed by atoms with Crippen molar-refractivity contribution < 1.29 is 9.53 Å². The molecule has 0 saturated carbocycles. The van der Waals surface area contributed by atoms with Gasteiger partial charge in [-0.3, -0.25) is 4.79 Å². The van der Waals surface area contributed by atoms with Gasteiger partial charge in [0.2, 0.25) is 0 Å². The number of rotatable bonds is 6. The molecule has 2 rings (SSSR count). The lowest BCUT2D eigenvalue weighted by Crippen LogP contribution is -2.20. The molecule has 2 aromatic rings. The van der Waals surface area contributed by atoms with E-state index in [-0.39, 0.29) is 12.5 Å². The molecule has 0 fully saturated rings. The van der Waals surface area contributed by atoms with Gasteiger partial charge < -0.3 is 10.1 Å². The van der Waals surface area contributed by atoms with Gasteiger partial charge in [-0.15, -0.1) is 0 Å². The van der Waals surface area contributed by atoms with Crippen LogP contribution in [0.2, 0.25) is 0 Å². The fourth-order valence-electron chi connectivity index (χ4n) is 2.10. The topological polar surface area (TPSA) is 38.3 Å². The van der Waals surface area contributed by atoms with Gasteiger partial charge in [0, 0.05) is 5.69 Å². The molecule has 0 radical (unpaired) electrons. The summed E-state index contributed by atoms with van der Waals surface area (Å²) in [7, 11) is 0. The molecule has 0 saturated heterocycles. The number of carbonyl (C=O) groups excluding carboxylic acids is 1. The van der Waals surface area contributed by atoms with Gasteiger partial charge in [0.15, 0.2) is 6.61 Å². The van der Waals surface area contributed by atoms with E-state index in [1.165, 1.54) is 0 Å². The van der Waals surface area contributed by atoms with E-state index in [1.54, 1.807) is 0 Å². The van der Waals surface area contributed by atoms with Crippen LogP contribution in [0.1, 0.15) is 31.7 Å². The third-order valence-corrected chi connectivity index (χ3v) is 3.48. The lowest BCUT2D eigenvalue weighted by molar-refractivity contribution is -0.118. The Bertz CT molecular complexity index is 581. The molecule has 110 valence electrons. The van der Waals surface area contributed by atoms with Gasteiger partial charge in [-0.25, -0.2) is 0 Å². The Morgan fingerprint density at radius 1 is 1.10 bits per heavy atom. The van der Waals surface area contributed by atoms with Crippen molar-refractivity contribution in [2.24, 2.45) is 0 Å². The molecular weight excluding hydrogens is 262 g/mol. The lowest BCUT2D eigenvalue weighted by Gasteiger charge is -2.15. The molecule has 0 aliphatic rings. The Morgan fingerprint density at radius 2 is 1.76 bits per heavy atom. The smallest absolute Gasteiger partial charge is 0.262 e. The van der Waals surface area contributed by atoms with E-state index in [2.05, 4.69) is 25.2 Å². The number of para-hydroxylation sites is 2. The van der Waals surface area contributed by atoms with Crippen LogP contribution in [0.15, 0.2) is 54.6 Å². The van der Waals surface area contributed by atoms with Gasteiger partial charge >= 0.3 is 0 Å². The lowest BCUT2D eigenvalue weighted by atomic mass is 9.98.